The van der Waals surface area contributed by atoms with Gasteiger partial charge in [-0.1, -0.05) is 109 Å². The van der Waals surface area contributed by atoms with Crippen molar-refractivity contribution in [2.24, 2.45) is 9.98 Å². The summed E-state index contributed by atoms with van der Waals surface area (Å²) in [4.78, 5) is 10.8. The minimum absolute atomic E-state index is 0.939. The Morgan fingerprint density at radius 3 is 1.36 bits per heavy atom. The van der Waals surface area contributed by atoms with Crippen LogP contribution in [0.25, 0.3) is 32.3 Å². The third-order valence-electron chi connectivity index (χ3n) is 7.29. The summed E-state index contributed by atoms with van der Waals surface area (Å²) >= 11 is 0. The fourth-order valence-electron chi connectivity index (χ4n) is 5.47. The Balaban J connectivity index is 1.58. The predicted octanol–water partition coefficient (Wildman–Crippen LogP) is 9.02. The summed E-state index contributed by atoms with van der Waals surface area (Å²) in [6, 6.07) is 38.6. The van der Waals surface area contributed by atoms with Gasteiger partial charge in [-0.25, -0.2) is 9.98 Å². The molecule has 0 N–H and O–H groups in total. The van der Waals surface area contributed by atoms with Crippen molar-refractivity contribution in [2.45, 2.75) is 13.8 Å². The molecule has 0 heterocycles. The summed E-state index contributed by atoms with van der Waals surface area (Å²) in [5.74, 6) is 0. The maximum Gasteiger partial charge on any atom is 0.0979 e. The van der Waals surface area contributed by atoms with Crippen molar-refractivity contribution in [3.8, 4) is 0 Å². The Morgan fingerprint density at radius 2 is 0.861 bits per heavy atom. The lowest BCUT2D eigenvalue weighted by atomic mass is 10.0. The minimum atomic E-state index is 0.939. The third kappa shape index (κ3) is 3.11. The molecule has 1 aliphatic rings. The first kappa shape index (κ1) is 20.8. The highest BCUT2D eigenvalue weighted by Crippen LogP contribution is 2.38. The van der Waals surface area contributed by atoms with Crippen molar-refractivity contribution >= 4 is 55.1 Å². The lowest BCUT2D eigenvalue weighted by molar-refractivity contribution is 1.42. The molecule has 6 aromatic carbocycles. The Hall–Kier alpha value is -4.56. The zero-order chi connectivity index (χ0) is 24.2. The molecule has 0 aromatic heterocycles. The molecule has 0 amide bonds. The largest absolute Gasteiger partial charge is 0.245 e. The van der Waals surface area contributed by atoms with E-state index in [1.807, 2.05) is 0 Å². The maximum atomic E-state index is 5.40. The molecule has 0 bridgehead atoms. The van der Waals surface area contributed by atoms with Gasteiger partial charge in [0.2, 0.25) is 0 Å². The molecule has 0 radical (unpaired) electrons. The zero-order valence-electron chi connectivity index (χ0n) is 20.3. The summed E-state index contributed by atoms with van der Waals surface area (Å²) in [5.41, 5.74) is 8.50. The zero-order valence-corrected chi connectivity index (χ0v) is 20.3. The number of aliphatic imine (C=N–C) groups is 2. The van der Waals surface area contributed by atoms with E-state index in [2.05, 4.69) is 123 Å². The number of nitrogens with zero attached hydrogens (tertiary/aromatic N) is 2. The van der Waals surface area contributed by atoms with Gasteiger partial charge in [-0.3, -0.25) is 0 Å². The van der Waals surface area contributed by atoms with E-state index in [0.29, 0.717) is 0 Å². The minimum Gasteiger partial charge on any atom is -0.245 e. The smallest absolute Gasteiger partial charge is 0.0979 e. The molecule has 2 nitrogen and oxygen atoms in total. The van der Waals surface area contributed by atoms with Crippen LogP contribution in [-0.4, -0.2) is 11.4 Å². The van der Waals surface area contributed by atoms with Crippen molar-refractivity contribution in [3.05, 3.63) is 131 Å². The number of fused-ring (bicyclic) bond motifs is 2. The van der Waals surface area contributed by atoms with Gasteiger partial charge < -0.3 is 0 Å². The highest BCUT2D eigenvalue weighted by Gasteiger charge is 2.28. The van der Waals surface area contributed by atoms with E-state index in [9.17, 15) is 0 Å². The van der Waals surface area contributed by atoms with Gasteiger partial charge in [0.15, 0.2) is 0 Å². The molecule has 0 unspecified atom stereocenters. The molecule has 170 valence electrons. The predicted molar refractivity (Wildman–Crippen MR) is 154 cm³/mol. The van der Waals surface area contributed by atoms with E-state index >= 15 is 0 Å². The van der Waals surface area contributed by atoms with E-state index in [0.717, 1.165) is 55.8 Å². The van der Waals surface area contributed by atoms with Gasteiger partial charge in [0.1, 0.15) is 0 Å². The average molecular weight is 461 g/mol. The Kier molecular flexibility index (Phi) is 4.62. The number of benzene rings is 6. The summed E-state index contributed by atoms with van der Waals surface area (Å²) in [5, 5.41) is 7.15. The molecule has 0 spiro atoms. The Labute approximate surface area is 210 Å². The topological polar surface area (TPSA) is 24.7 Å². The van der Waals surface area contributed by atoms with Crippen molar-refractivity contribution in [1.29, 1.82) is 0 Å². The van der Waals surface area contributed by atoms with Crippen LogP contribution in [0.1, 0.15) is 22.3 Å². The molecule has 6 aromatic rings. The van der Waals surface area contributed by atoms with Crippen LogP contribution < -0.4 is 0 Å². The standard InChI is InChI=1S/C34H24N2/c1-21-17-19-23-9-3-5-13-26(23)31(21)35-33-28-15-7-11-25-12-8-16-29(30(25)28)34(33)36-32-22(2)18-20-24-10-4-6-14-27(24)32/h3-20H,1-2H3. The molecule has 36 heavy (non-hydrogen) atoms. The molecule has 0 atom stereocenters. The van der Waals surface area contributed by atoms with Crippen molar-refractivity contribution in [2.75, 3.05) is 0 Å². The summed E-state index contributed by atoms with van der Waals surface area (Å²) < 4.78 is 0. The molecule has 7 rings (SSSR count). The summed E-state index contributed by atoms with van der Waals surface area (Å²) in [6.45, 7) is 4.28. The average Bonchev–Trinajstić information content (AvgIpc) is 3.21. The molecule has 2 heteroatoms. The van der Waals surface area contributed by atoms with E-state index in [1.54, 1.807) is 0 Å². The van der Waals surface area contributed by atoms with Crippen molar-refractivity contribution in [1.82, 2.24) is 0 Å². The van der Waals surface area contributed by atoms with Gasteiger partial charge in [-0.15, -0.1) is 0 Å². The van der Waals surface area contributed by atoms with Crippen LogP contribution in [0.5, 0.6) is 0 Å². The summed E-state index contributed by atoms with van der Waals surface area (Å²) in [6.07, 6.45) is 0. The number of hydrogen-bond donors (Lipinski definition) is 0. The first-order valence-electron chi connectivity index (χ1n) is 12.4. The van der Waals surface area contributed by atoms with E-state index in [4.69, 9.17) is 9.98 Å². The number of hydrogen-bond acceptors (Lipinski definition) is 2. The van der Waals surface area contributed by atoms with Gasteiger partial charge in [-0.2, -0.15) is 0 Å². The van der Waals surface area contributed by atoms with Crippen LogP contribution in [-0.2, 0) is 0 Å². The maximum absolute atomic E-state index is 5.40. The van der Waals surface area contributed by atoms with Gasteiger partial charge >= 0.3 is 0 Å². The van der Waals surface area contributed by atoms with E-state index in [1.165, 1.54) is 21.5 Å². The number of rotatable bonds is 2. The number of aryl methyl sites for hydroxylation is 2. The third-order valence-corrected chi connectivity index (χ3v) is 7.29. The lowest BCUT2D eigenvalue weighted by Gasteiger charge is -2.11. The van der Waals surface area contributed by atoms with Gasteiger partial charge in [0.25, 0.3) is 0 Å². The quantitative estimate of drug-likeness (QED) is 0.246. The van der Waals surface area contributed by atoms with Gasteiger partial charge in [-0.05, 0) is 41.1 Å². The van der Waals surface area contributed by atoms with Crippen LogP contribution in [0.3, 0.4) is 0 Å². The van der Waals surface area contributed by atoms with Crippen LogP contribution in [0.15, 0.2) is 119 Å². The summed E-state index contributed by atoms with van der Waals surface area (Å²) in [7, 11) is 0. The molecule has 1 aliphatic carbocycles. The second-order valence-corrected chi connectivity index (χ2v) is 9.53. The molecule has 0 aliphatic heterocycles. The fourth-order valence-corrected chi connectivity index (χ4v) is 5.47. The SMILES string of the molecule is Cc1ccc2ccccc2c1N=C1C(=Nc2c(C)ccc3ccccc23)c2cccc3cccc1c23. The Bertz CT molecular complexity index is 1770. The van der Waals surface area contributed by atoms with Crippen LogP contribution in [0, 0.1) is 13.8 Å². The second kappa shape index (κ2) is 8.00. The normalized spacial score (nSPS) is 15.1. The Morgan fingerprint density at radius 1 is 0.417 bits per heavy atom. The molecule has 0 saturated carbocycles. The molecule has 0 fully saturated rings. The van der Waals surface area contributed by atoms with Crippen LogP contribution in [0.4, 0.5) is 11.4 Å². The van der Waals surface area contributed by atoms with E-state index < -0.39 is 0 Å². The van der Waals surface area contributed by atoms with Crippen molar-refractivity contribution in [3.63, 3.8) is 0 Å². The lowest BCUT2D eigenvalue weighted by Crippen LogP contribution is -2.10. The monoisotopic (exact) mass is 460 g/mol. The molecular weight excluding hydrogens is 436 g/mol. The van der Waals surface area contributed by atoms with Crippen LogP contribution >= 0.6 is 0 Å². The molecule has 0 saturated heterocycles. The second-order valence-electron chi connectivity index (χ2n) is 9.53. The fraction of sp³-hybridized carbons (Fsp3) is 0.0588. The van der Waals surface area contributed by atoms with E-state index in [-0.39, 0.29) is 0 Å². The van der Waals surface area contributed by atoms with Gasteiger partial charge in [0.05, 0.1) is 22.8 Å². The molecular formula is C34H24N2. The first-order valence-corrected chi connectivity index (χ1v) is 12.4. The first-order chi connectivity index (χ1) is 17.7. The van der Waals surface area contributed by atoms with Gasteiger partial charge in [0, 0.05) is 27.3 Å². The highest BCUT2D eigenvalue weighted by molar-refractivity contribution is 6.61. The highest BCUT2D eigenvalue weighted by atomic mass is 14.8. The van der Waals surface area contributed by atoms with Crippen molar-refractivity contribution < 1.29 is 0 Å². The van der Waals surface area contributed by atoms with Crippen LogP contribution in [0.2, 0.25) is 0 Å².